The van der Waals surface area contributed by atoms with Crippen molar-refractivity contribution in [3.63, 3.8) is 0 Å². The summed E-state index contributed by atoms with van der Waals surface area (Å²) in [7, 11) is 0. The van der Waals surface area contributed by atoms with Crippen molar-refractivity contribution in [1.82, 2.24) is 5.32 Å². The minimum absolute atomic E-state index is 0.0720. The minimum atomic E-state index is -0.110. The van der Waals surface area contributed by atoms with Gasteiger partial charge in [-0.2, -0.15) is 0 Å². The summed E-state index contributed by atoms with van der Waals surface area (Å²) in [6.07, 6.45) is 6.38. The summed E-state index contributed by atoms with van der Waals surface area (Å²) >= 11 is 0. The highest BCUT2D eigenvalue weighted by Crippen LogP contribution is 2.42. The Bertz CT molecular complexity index is 297. The largest absolute Gasteiger partial charge is 0.392 e. The van der Waals surface area contributed by atoms with Crippen molar-refractivity contribution in [2.24, 2.45) is 22.7 Å². The van der Waals surface area contributed by atoms with Crippen LogP contribution in [0.5, 0.6) is 0 Å². The summed E-state index contributed by atoms with van der Waals surface area (Å²) in [5.41, 5.74) is 0.557. The SMILES string of the molecule is CC(C)(C)C1CCC(CNC2CC(O)C2(C)C)CC1. The number of aliphatic hydroxyl groups is 1. The molecule has 112 valence electrons. The fourth-order valence-electron chi connectivity index (χ4n) is 3.79. The van der Waals surface area contributed by atoms with Crippen LogP contribution in [0.15, 0.2) is 0 Å². The molecule has 0 aromatic carbocycles. The van der Waals surface area contributed by atoms with Crippen LogP contribution in [0.4, 0.5) is 0 Å². The van der Waals surface area contributed by atoms with E-state index < -0.39 is 0 Å². The van der Waals surface area contributed by atoms with E-state index in [9.17, 15) is 5.11 Å². The van der Waals surface area contributed by atoms with Crippen LogP contribution in [0.3, 0.4) is 0 Å². The molecule has 19 heavy (non-hydrogen) atoms. The Morgan fingerprint density at radius 3 is 2.11 bits per heavy atom. The average molecular weight is 267 g/mol. The second-order valence-electron chi connectivity index (χ2n) is 8.62. The molecule has 2 saturated carbocycles. The Kier molecular flexibility index (Phi) is 4.32. The smallest absolute Gasteiger partial charge is 0.0621 e. The van der Waals surface area contributed by atoms with Crippen molar-refractivity contribution in [1.29, 1.82) is 0 Å². The number of hydrogen-bond acceptors (Lipinski definition) is 2. The minimum Gasteiger partial charge on any atom is -0.392 e. The molecule has 0 radical (unpaired) electrons. The van der Waals surface area contributed by atoms with Gasteiger partial charge >= 0.3 is 0 Å². The van der Waals surface area contributed by atoms with E-state index in [-0.39, 0.29) is 11.5 Å². The van der Waals surface area contributed by atoms with Gasteiger partial charge in [0.1, 0.15) is 0 Å². The summed E-state index contributed by atoms with van der Waals surface area (Å²) in [6.45, 7) is 12.7. The summed E-state index contributed by atoms with van der Waals surface area (Å²) in [5.74, 6) is 1.76. The third kappa shape index (κ3) is 3.33. The van der Waals surface area contributed by atoms with Crippen LogP contribution in [0.25, 0.3) is 0 Å². The number of nitrogens with one attached hydrogen (secondary N) is 1. The summed E-state index contributed by atoms with van der Waals surface area (Å²) in [6, 6.07) is 0.517. The van der Waals surface area contributed by atoms with E-state index in [1.54, 1.807) is 0 Å². The maximum atomic E-state index is 9.77. The van der Waals surface area contributed by atoms with Crippen LogP contribution in [0.1, 0.15) is 66.7 Å². The van der Waals surface area contributed by atoms with E-state index in [0.29, 0.717) is 11.5 Å². The van der Waals surface area contributed by atoms with Gasteiger partial charge in [0.25, 0.3) is 0 Å². The molecule has 0 aromatic rings. The van der Waals surface area contributed by atoms with Crippen LogP contribution in [-0.2, 0) is 0 Å². The van der Waals surface area contributed by atoms with Gasteiger partial charge in [-0.05, 0) is 55.9 Å². The first-order valence-electron chi connectivity index (χ1n) is 8.12. The molecule has 2 N–H and O–H groups in total. The summed E-state index contributed by atoms with van der Waals surface area (Å²) in [5, 5.41) is 13.5. The number of hydrogen-bond donors (Lipinski definition) is 2. The van der Waals surface area contributed by atoms with Gasteiger partial charge in [-0.3, -0.25) is 0 Å². The lowest BCUT2D eigenvalue weighted by atomic mass is 9.64. The van der Waals surface area contributed by atoms with Gasteiger partial charge in [-0.25, -0.2) is 0 Å². The highest BCUT2D eigenvalue weighted by Gasteiger charge is 2.47. The van der Waals surface area contributed by atoms with Gasteiger partial charge in [-0.1, -0.05) is 34.6 Å². The second kappa shape index (κ2) is 5.37. The molecule has 2 fully saturated rings. The lowest BCUT2D eigenvalue weighted by Gasteiger charge is -2.50. The molecule has 0 saturated heterocycles. The lowest BCUT2D eigenvalue weighted by molar-refractivity contribution is -0.0738. The predicted molar refractivity (Wildman–Crippen MR) is 81.1 cm³/mol. The Balaban J connectivity index is 1.70. The molecular weight excluding hydrogens is 234 g/mol. The molecule has 2 aliphatic rings. The fraction of sp³-hybridized carbons (Fsp3) is 1.00. The van der Waals surface area contributed by atoms with Crippen LogP contribution in [0.2, 0.25) is 0 Å². The van der Waals surface area contributed by atoms with Crippen molar-refractivity contribution in [3.05, 3.63) is 0 Å². The van der Waals surface area contributed by atoms with E-state index in [1.165, 1.54) is 25.7 Å². The number of aliphatic hydroxyl groups excluding tert-OH is 1. The second-order valence-corrected chi connectivity index (χ2v) is 8.62. The quantitative estimate of drug-likeness (QED) is 0.819. The van der Waals surface area contributed by atoms with Crippen molar-refractivity contribution in [2.45, 2.75) is 78.9 Å². The zero-order chi connectivity index (χ0) is 14.3. The molecule has 2 atom stereocenters. The van der Waals surface area contributed by atoms with E-state index in [2.05, 4.69) is 39.9 Å². The topological polar surface area (TPSA) is 32.3 Å². The molecule has 2 unspecified atom stereocenters. The maximum Gasteiger partial charge on any atom is 0.0621 e. The van der Waals surface area contributed by atoms with Crippen molar-refractivity contribution >= 4 is 0 Å². The standard InChI is InChI=1S/C17H33NO/c1-16(2,3)13-8-6-12(7-9-13)11-18-14-10-15(19)17(14,4)5/h12-15,18-19H,6-11H2,1-5H3. The van der Waals surface area contributed by atoms with Crippen molar-refractivity contribution in [2.75, 3.05) is 6.54 Å². The van der Waals surface area contributed by atoms with E-state index >= 15 is 0 Å². The zero-order valence-corrected chi connectivity index (χ0v) is 13.5. The molecule has 0 aliphatic heterocycles. The third-order valence-electron chi connectivity index (χ3n) is 5.94. The van der Waals surface area contributed by atoms with Gasteiger partial charge in [-0.15, -0.1) is 0 Å². The van der Waals surface area contributed by atoms with Gasteiger partial charge in [0.2, 0.25) is 0 Å². The summed E-state index contributed by atoms with van der Waals surface area (Å²) < 4.78 is 0. The van der Waals surface area contributed by atoms with Gasteiger partial charge in [0.05, 0.1) is 6.10 Å². The van der Waals surface area contributed by atoms with Crippen LogP contribution in [-0.4, -0.2) is 23.8 Å². The predicted octanol–water partition coefficient (Wildman–Crippen LogP) is 3.59. The fourth-order valence-corrected chi connectivity index (χ4v) is 3.79. The van der Waals surface area contributed by atoms with E-state index in [0.717, 1.165) is 24.8 Å². The molecule has 0 spiro atoms. The zero-order valence-electron chi connectivity index (χ0n) is 13.5. The van der Waals surface area contributed by atoms with E-state index in [4.69, 9.17) is 0 Å². The molecule has 0 aromatic heterocycles. The van der Waals surface area contributed by atoms with E-state index in [1.807, 2.05) is 0 Å². The first-order chi connectivity index (χ1) is 8.71. The van der Waals surface area contributed by atoms with Crippen LogP contribution in [0, 0.1) is 22.7 Å². The Morgan fingerprint density at radius 1 is 1.11 bits per heavy atom. The Labute approximate surface area is 119 Å². The molecule has 0 heterocycles. The Morgan fingerprint density at radius 2 is 1.68 bits per heavy atom. The first kappa shape index (κ1) is 15.3. The van der Waals surface area contributed by atoms with Crippen molar-refractivity contribution in [3.8, 4) is 0 Å². The molecular formula is C17H33NO. The molecule has 2 rings (SSSR count). The van der Waals surface area contributed by atoms with Crippen LogP contribution < -0.4 is 5.32 Å². The molecule has 0 bridgehead atoms. The highest BCUT2D eigenvalue weighted by molar-refractivity contribution is 5.01. The lowest BCUT2D eigenvalue weighted by Crippen LogP contribution is -2.60. The molecule has 0 amide bonds. The van der Waals surface area contributed by atoms with Gasteiger partial charge in [0.15, 0.2) is 0 Å². The highest BCUT2D eigenvalue weighted by atomic mass is 16.3. The number of rotatable bonds is 3. The van der Waals surface area contributed by atoms with Gasteiger partial charge in [0, 0.05) is 11.5 Å². The van der Waals surface area contributed by atoms with Crippen molar-refractivity contribution < 1.29 is 5.11 Å². The van der Waals surface area contributed by atoms with Gasteiger partial charge < -0.3 is 10.4 Å². The molecule has 2 heteroatoms. The normalized spacial score (nSPS) is 38.8. The van der Waals surface area contributed by atoms with Crippen LogP contribution >= 0.6 is 0 Å². The Hall–Kier alpha value is -0.0800. The first-order valence-corrected chi connectivity index (χ1v) is 8.12. The maximum absolute atomic E-state index is 9.77. The molecule has 2 aliphatic carbocycles. The summed E-state index contributed by atoms with van der Waals surface area (Å²) in [4.78, 5) is 0. The average Bonchev–Trinajstić information content (AvgIpc) is 2.33. The molecule has 2 nitrogen and oxygen atoms in total. The monoisotopic (exact) mass is 267 g/mol. The third-order valence-corrected chi connectivity index (χ3v) is 5.94.